The van der Waals surface area contributed by atoms with E-state index in [-0.39, 0.29) is 11.9 Å². The highest BCUT2D eigenvalue weighted by atomic mass is 35.5. The maximum absolute atomic E-state index is 13.6. The van der Waals surface area contributed by atoms with Gasteiger partial charge >= 0.3 is 0 Å². The van der Waals surface area contributed by atoms with E-state index in [1.54, 1.807) is 13.2 Å². The number of ether oxygens (including phenoxy) is 1. The van der Waals surface area contributed by atoms with Gasteiger partial charge in [-0.3, -0.25) is 0 Å². The quantitative estimate of drug-likeness (QED) is 0.916. The Morgan fingerprint density at radius 1 is 1.20 bits per heavy atom. The van der Waals surface area contributed by atoms with Crippen molar-refractivity contribution in [1.29, 1.82) is 0 Å². The number of aryl methyl sites for hydroxylation is 1. The Hall–Kier alpha value is -1.58. The molecular formula is C16H17ClFNO. The molecule has 2 nitrogen and oxygen atoms in total. The zero-order valence-corrected chi connectivity index (χ0v) is 12.5. The highest BCUT2D eigenvalue weighted by Gasteiger charge is 2.18. The first-order valence-corrected chi connectivity index (χ1v) is 6.70. The van der Waals surface area contributed by atoms with Crippen molar-refractivity contribution in [1.82, 2.24) is 5.32 Å². The number of rotatable bonds is 4. The molecule has 106 valence electrons. The monoisotopic (exact) mass is 293 g/mol. The van der Waals surface area contributed by atoms with Gasteiger partial charge in [-0.05, 0) is 55.4 Å². The maximum atomic E-state index is 13.6. The van der Waals surface area contributed by atoms with Gasteiger partial charge in [-0.15, -0.1) is 0 Å². The number of benzene rings is 2. The topological polar surface area (TPSA) is 21.3 Å². The lowest BCUT2D eigenvalue weighted by molar-refractivity contribution is 0.405. The molecule has 0 aliphatic rings. The molecule has 0 saturated carbocycles. The lowest BCUT2D eigenvalue weighted by Gasteiger charge is -2.20. The van der Waals surface area contributed by atoms with Gasteiger partial charge in [0.2, 0.25) is 0 Å². The van der Waals surface area contributed by atoms with Gasteiger partial charge in [0.15, 0.2) is 0 Å². The molecule has 2 rings (SSSR count). The lowest BCUT2D eigenvalue weighted by atomic mass is 9.96. The molecule has 0 spiro atoms. The number of hydrogen-bond donors (Lipinski definition) is 1. The molecule has 2 aromatic carbocycles. The van der Waals surface area contributed by atoms with Crippen LogP contribution in [-0.4, -0.2) is 14.2 Å². The van der Waals surface area contributed by atoms with Crippen LogP contribution >= 0.6 is 11.6 Å². The summed E-state index contributed by atoms with van der Waals surface area (Å²) in [5.41, 5.74) is 2.60. The normalized spacial score (nSPS) is 12.2. The second-order valence-electron chi connectivity index (χ2n) is 4.67. The van der Waals surface area contributed by atoms with Gasteiger partial charge in [0, 0.05) is 10.6 Å². The van der Waals surface area contributed by atoms with Crippen molar-refractivity contribution in [2.24, 2.45) is 0 Å². The van der Waals surface area contributed by atoms with Crippen LogP contribution in [0.15, 0.2) is 36.4 Å². The summed E-state index contributed by atoms with van der Waals surface area (Å²) in [7, 11) is 3.43. The van der Waals surface area contributed by atoms with Gasteiger partial charge in [0.25, 0.3) is 0 Å². The Bertz CT molecular complexity index is 595. The summed E-state index contributed by atoms with van der Waals surface area (Å²) in [4.78, 5) is 0. The predicted molar refractivity (Wildman–Crippen MR) is 80.0 cm³/mol. The van der Waals surface area contributed by atoms with Gasteiger partial charge in [-0.2, -0.15) is 0 Å². The molecule has 1 N–H and O–H groups in total. The van der Waals surface area contributed by atoms with Crippen LogP contribution in [-0.2, 0) is 0 Å². The first-order valence-electron chi connectivity index (χ1n) is 6.33. The van der Waals surface area contributed by atoms with Crippen LogP contribution in [0.4, 0.5) is 4.39 Å². The Kier molecular flexibility index (Phi) is 4.63. The molecule has 0 radical (unpaired) electrons. The van der Waals surface area contributed by atoms with Crippen molar-refractivity contribution in [3.63, 3.8) is 0 Å². The molecule has 2 aromatic rings. The molecule has 0 aromatic heterocycles. The summed E-state index contributed by atoms with van der Waals surface area (Å²) in [6.45, 7) is 1.87. The van der Waals surface area contributed by atoms with Crippen LogP contribution in [0.5, 0.6) is 5.75 Å². The average Bonchev–Trinajstić information content (AvgIpc) is 2.39. The van der Waals surface area contributed by atoms with Crippen molar-refractivity contribution < 1.29 is 9.13 Å². The minimum atomic E-state index is -0.249. The minimum absolute atomic E-state index is 0.182. The van der Waals surface area contributed by atoms with Crippen molar-refractivity contribution in [3.8, 4) is 5.75 Å². The van der Waals surface area contributed by atoms with Crippen LogP contribution in [0.1, 0.15) is 22.7 Å². The number of methoxy groups -OCH3 is 1. The van der Waals surface area contributed by atoms with Crippen molar-refractivity contribution in [2.75, 3.05) is 14.2 Å². The Balaban J connectivity index is 2.54. The summed E-state index contributed by atoms with van der Waals surface area (Å²) in [6, 6.07) is 10.2. The smallest absolute Gasteiger partial charge is 0.124 e. The summed E-state index contributed by atoms with van der Waals surface area (Å²) in [5.74, 6) is 0.469. The molecule has 0 saturated heterocycles. The first-order chi connectivity index (χ1) is 9.55. The summed E-state index contributed by atoms with van der Waals surface area (Å²) in [6.07, 6.45) is 0. The fraction of sp³-hybridized carbons (Fsp3) is 0.250. The third-order valence-corrected chi connectivity index (χ3v) is 3.42. The average molecular weight is 294 g/mol. The third-order valence-electron chi connectivity index (χ3n) is 3.19. The molecular weight excluding hydrogens is 277 g/mol. The highest BCUT2D eigenvalue weighted by Crippen LogP contribution is 2.32. The van der Waals surface area contributed by atoms with E-state index in [0.717, 1.165) is 22.4 Å². The van der Waals surface area contributed by atoms with E-state index in [1.165, 1.54) is 12.1 Å². The van der Waals surface area contributed by atoms with Gasteiger partial charge in [0.1, 0.15) is 11.6 Å². The van der Waals surface area contributed by atoms with Crippen LogP contribution in [0, 0.1) is 12.7 Å². The van der Waals surface area contributed by atoms with Crippen molar-refractivity contribution in [3.05, 3.63) is 63.9 Å². The molecule has 0 heterocycles. The van der Waals surface area contributed by atoms with E-state index in [9.17, 15) is 4.39 Å². The fourth-order valence-electron chi connectivity index (χ4n) is 2.36. The van der Waals surface area contributed by atoms with Crippen molar-refractivity contribution in [2.45, 2.75) is 13.0 Å². The zero-order valence-electron chi connectivity index (χ0n) is 11.7. The third kappa shape index (κ3) is 3.11. The summed E-state index contributed by atoms with van der Waals surface area (Å²) < 4.78 is 19.0. The fourth-order valence-corrected chi connectivity index (χ4v) is 2.54. The van der Waals surface area contributed by atoms with E-state index in [0.29, 0.717) is 5.02 Å². The number of halogens is 2. The van der Waals surface area contributed by atoms with Crippen LogP contribution in [0.25, 0.3) is 0 Å². The molecule has 1 atom stereocenters. The summed E-state index contributed by atoms with van der Waals surface area (Å²) in [5, 5.41) is 3.81. The molecule has 0 bridgehead atoms. The molecule has 0 aliphatic carbocycles. The Labute approximate surface area is 123 Å². The second-order valence-corrected chi connectivity index (χ2v) is 5.11. The van der Waals surface area contributed by atoms with E-state index in [4.69, 9.17) is 16.3 Å². The van der Waals surface area contributed by atoms with Crippen LogP contribution < -0.4 is 10.1 Å². The standard InChI is InChI=1S/C16H17ClFNO/c1-10-6-11(8-13(18)7-10)16(19-2)14-9-12(17)4-5-15(14)20-3/h4-9,16,19H,1-3H3. The predicted octanol–water partition coefficient (Wildman–Crippen LogP) is 4.10. The lowest BCUT2D eigenvalue weighted by Crippen LogP contribution is -2.18. The molecule has 4 heteroatoms. The van der Waals surface area contributed by atoms with Gasteiger partial charge in [-0.25, -0.2) is 4.39 Å². The van der Waals surface area contributed by atoms with E-state index < -0.39 is 0 Å². The maximum Gasteiger partial charge on any atom is 0.124 e. The molecule has 0 fully saturated rings. The first kappa shape index (κ1) is 14.8. The number of nitrogens with one attached hydrogen (secondary N) is 1. The molecule has 1 unspecified atom stereocenters. The molecule has 0 aliphatic heterocycles. The van der Waals surface area contributed by atoms with Gasteiger partial charge in [-0.1, -0.05) is 17.7 Å². The largest absolute Gasteiger partial charge is 0.496 e. The van der Waals surface area contributed by atoms with Crippen LogP contribution in [0.2, 0.25) is 5.02 Å². The van der Waals surface area contributed by atoms with E-state index >= 15 is 0 Å². The minimum Gasteiger partial charge on any atom is -0.496 e. The second kappa shape index (κ2) is 6.25. The molecule has 0 amide bonds. The van der Waals surface area contributed by atoms with E-state index in [1.807, 2.05) is 32.2 Å². The van der Waals surface area contributed by atoms with E-state index in [2.05, 4.69) is 5.32 Å². The summed E-state index contributed by atoms with van der Waals surface area (Å²) >= 11 is 6.07. The van der Waals surface area contributed by atoms with Gasteiger partial charge in [0.05, 0.1) is 13.2 Å². The van der Waals surface area contributed by atoms with Crippen molar-refractivity contribution >= 4 is 11.6 Å². The Morgan fingerprint density at radius 2 is 1.95 bits per heavy atom. The molecule has 20 heavy (non-hydrogen) atoms. The highest BCUT2D eigenvalue weighted by molar-refractivity contribution is 6.30. The van der Waals surface area contributed by atoms with Gasteiger partial charge < -0.3 is 10.1 Å². The SMILES string of the molecule is CNC(c1cc(C)cc(F)c1)c1cc(Cl)ccc1OC. The zero-order chi connectivity index (χ0) is 14.7. The number of hydrogen-bond acceptors (Lipinski definition) is 2. The Morgan fingerprint density at radius 3 is 2.55 bits per heavy atom. The van der Waals surface area contributed by atoms with Crippen LogP contribution in [0.3, 0.4) is 0 Å².